The van der Waals surface area contributed by atoms with Crippen LogP contribution < -0.4 is 16.4 Å². The Morgan fingerprint density at radius 2 is 1.70 bits per heavy atom. The monoisotopic (exact) mass is 482 g/mol. The Labute approximate surface area is 167 Å². The molecule has 10 heteroatoms. The van der Waals surface area contributed by atoms with Crippen LogP contribution in [0.2, 0.25) is 0 Å². The largest absolute Gasteiger partial charge is 0.368 e. The number of nitrogens with zero attached hydrogens (tertiary/aromatic N) is 1. The first-order valence-electron chi connectivity index (χ1n) is 7.65. The predicted octanol–water partition coefficient (Wildman–Crippen LogP) is 1.34. The van der Waals surface area contributed by atoms with Crippen molar-refractivity contribution in [1.82, 2.24) is 10.6 Å². The number of primary amides is 1. The number of hydrogen-bond acceptors (Lipinski definition) is 5. The van der Waals surface area contributed by atoms with Crippen LogP contribution in [0.3, 0.4) is 0 Å². The summed E-state index contributed by atoms with van der Waals surface area (Å²) in [6, 6.07) is 10.5. The normalized spacial score (nSPS) is 10.1. The Morgan fingerprint density at radius 3 is 2.30 bits per heavy atom. The van der Waals surface area contributed by atoms with Crippen molar-refractivity contribution in [3.63, 3.8) is 0 Å². The Kier molecular flexibility index (Phi) is 6.82. The number of nitrogens with two attached hydrogens (primary N) is 1. The number of amides is 3. The average Bonchev–Trinajstić information content (AvgIpc) is 2.64. The molecule has 0 atom stereocenters. The van der Waals surface area contributed by atoms with Gasteiger partial charge in [-0.1, -0.05) is 12.1 Å². The highest BCUT2D eigenvalue weighted by Gasteiger charge is 2.15. The number of nitrogens with one attached hydrogen (secondary N) is 2. The maximum absolute atomic E-state index is 12.3. The second-order valence-corrected chi connectivity index (χ2v) is 6.61. The van der Waals surface area contributed by atoms with Gasteiger partial charge in [0.05, 0.1) is 17.0 Å². The number of nitro groups is 1. The van der Waals surface area contributed by atoms with E-state index in [0.29, 0.717) is 9.13 Å². The lowest BCUT2D eigenvalue weighted by Crippen LogP contribution is -2.33. The summed E-state index contributed by atoms with van der Waals surface area (Å²) in [4.78, 5) is 45.0. The number of carbonyl (C=O) groups is 3. The number of hydrogen-bond donors (Lipinski definition) is 3. The van der Waals surface area contributed by atoms with Gasteiger partial charge in [0.2, 0.25) is 5.91 Å². The molecule has 3 amide bonds. The summed E-state index contributed by atoms with van der Waals surface area (Å²) in [6.45, 7) is -0.0702. The molecular weight excluding hydrogens is 467 g/mol. The Balaban J connectivity index is 1.99. The molecule has 0 spiro atoms. The fraction of sp³-hybridized carbons (Fsp3) is 0.118. The minimum atomic E-state index is -0.640. The molecule has 0 saturated carbocycles. The first-order chi connectivity index (χ1) is 12.8. The second-order valence-electron chi connectivity index (χ2n) is 5.45. The molecule has 0 heterocycles. The van der Waals surface area contributed by atoms with Crippen molar-refractivity contribution in [2.75, 3.05) is 6.54 Å². The van der Waals surface area contributed by atoms with Crippen molar-refractivity contribution in [2.24, 2.45) is 5.73 Å². The van der Waals surface area contributed by atoms with E-state index in [1.807, 2.05) is 22.6 Å². The standard InChI is InChI=1S/C17H15IN4O5/c18-14-6-5-12(22(26)27)7-13(14)17(25)20-8-10-1-3-11(4-2-10)16(24)21-9-15(19)23/h1-7H,8-9H2,(H2,19,23)(H,20,25)(H,21,24). The minimum absolute atomic E-state index is 0.160. The zero-order valence-electron chi connectivity index (χ0n) is 13.9. The molecule has 0 aliphatic rings. The molecule has 0 saturated heterocycles. The summed E-state index contributed by atoms with van der Waals surface area (Å²) in [7, 11) is 0. The summed E-state index contributed by atoms with van der Waals surface area (Å²) in [5, 5.41) is 15.9. The van der Waals surface area contributed by atoms with E-state index in [2.05, 4.69) is 10.6 Å². The number of rotatable bonds is 7. The summed E-state index contributed by atoms with van der Waals surface area (Å²) in [6.07, 6.45) is 0. The number of non-ortho nitro benzene ring substituents is 1. The SMILES string of the molecule is NC(=O)CNC(=O)c1ccc(CNC(=O)c2cc([N+](=O)[O-])ccc2I)cc1. The highest BCUT2D eigenvalue weighted by molar-refractivity contribution is 14.1. The number of nitro benzene ring substituents is 1. The minimum Gasteiger partial charge on any atom is -0.368 e. The van der Waals surface area contributed by atoms with Gasteiger partial charge in [-0.15, -0.1) is 0 Å². The molecule has 2 aromatic rings. The molecule has 0 aromatic heterocycles. The zero-order chi connectivity index (χ0) is 20.0. The molecule has 9 nitrogen and oxygen atoms in total. The highest BCUT2D eigenvalue weighted by Crippen LogP contribution is 2.19. The molecule has 2 aromatic carbocycles. The Bertz CT molecular complexity index is 899. The maximum Gasteiger partial charge on any atom is 0.270 e. The number of halogens is 1. The van der Waals surface area contributed by atoms with E-state index >= 15 is 0 Å². The van der Waals surface area contributed by atoms with Crippen LogP contribution in [0, 0.1) is 13.7 Å². The van der Waals surface area contributed by atoms with Crippen LogP contribution in [-0.2, 0) is 11.3 Å². The van der Waals surface area contributed by atoms with Crippen LogP contribution in [0.25, 0.3) is 0 Å². The summed E-state index contributed by atoms with van der Waals surface area (Å²) >= 11 is 1.93. The van der Waals surface area contributed by atoms with Gasteiger partial charge >= 0.3 is 0 Å². The molecule has 0 radical (unpaired) electrons. The first-order valence-corrected chi connectivity index (χ1v) is 8.73. The van der Waals surface area contributed by atoms with Crippen LogP contribution in [0.4, 0.5) is 5.69 Å². The van der Waals surface area contributed by atoms with Gasteiger partial charge < -0.3 is 16.4 Å². The molecule has 0 fully saturated rings. The van der Waals surface area contributed by atoms with Gasteiger partial charge in [0.15, 0.2) is 0 Å². The van der Waals surface area contributed by atoms with E-state index in [9.17, 15) is 24.5 Å². The van der Waals surface area contributed by atoms with E-state index in [1.54, 1.807) is 24.3 Å². The molecule has 0 aliphatic heterocycles. The quantitative estimate of drug-likeness (QED) is 0.310. The highest BCUT2D eigenvalue weighted by atomic mass is 127. The maximum atomic E-state index is 12.3. The lowest BCUT2D eigenvalue weighted by Gasteiger charge is -2.08. The molecule has 4 N–H and O–H groups in total. The third-order valence-electron chi connectivity index (χ3n) is 3.50. The van der Waals surface area contributed by atoms with Crippen molar-refractivity contribution >= 4 is 46.0 Å². The molecule has 0 bridgehead atoms. The van der Waals surface area contributed by atoms with Crippen LogP contribution in [0.15, 0.2) is 42.5 Å². The average molecular weight is 482 g/mol. The molecular formula is C17H15IN4O5. The van der Waals surface area contributed by atoms with Gasteiger partial charge in [0.1, 0.15) is 0 Å². The molecule has 0 unspecified atom stereocenters. The lowest BCUT2D eigenvalue weighted by atomic mass is 10.1. The smallest absolute Gasteiger partial charge is 0.270 e. The fourth-order valence-corrected chi connectivity index (χ4v) is 2.70. The van der Waals surface area contributed by atoms with E-state index in [0.717, 1.165) is 5.56 Å². The first kappa shape index (κ1) is 20.3. The molecule has 2 rings (SSSR count). The number of carbonyl (C=O) groups excluding carboxylic acids is 3. The van der Waals surface area contributed by atoms with Gasteiger partial charge in [0.25, 0.3) is 17.5 Å². The van der Waals surface area contributed by atoms with Crippen LogP contribution in [0.1, 0.15) is 26.3 Å². The van der Waals surface area contributed by atoms with Gasteiger partial charge in [-0.2, -0.15) is 0 Å². The van der Waals surface area contributed by atoms with E-state index < -0.39 is 22.6 Å². The third kappa shape index (κ3) is 5.74. The van der Waals surface area contributed by atoms with E-state index in [4.69, 9.17) is 5.73 Å². The van der Waals surface area contributed by atoms with Crippen molar-refractivity contribution in [3.05, 3.63) is 72.8 Å². The van der Waals surface area contributed by atoms with Crippen molar-refractivity contribution < 1.29 is 19.3 Å². The summed E-state index contributed by atoms with van der Waals surface area (Å²) in [5.41, 5.74) is 6.10. The predicted molar refractivity (Wildman–Crippen MR) is 105 cm³/mol. The summed E-state index contributed by atoms with van der Waals surface area (Å²) in [5.74, 6) is -1.51. The topological polar surface area (TPSA) is 144 Å². The molecule has 27 heavy (non-hydrogen) atoms. The van der Waals surface area contributed by atoms with E-state index in [1.165, 1.54) is 18.2 Å². The summed E-state index contributed by atoms with van der Waals surface area (Å²) < 4.78 is 0.595. The number of benzene rings is 2. The molecule has 0 aliphatic carbocycles. The van der Waals surface area contributed by atoms with Crippen molar-refractivity contribution in [1.29, 1.82) is 0 Å². The van der Waals surface area contributed by atoms with Gasteiger partial charge in [-0.25, -0.2) is 0 Å². The van der Waals surface area contributed by atoms with Gasteiger partial charge in [0, 0.05) is 27.8 Å². The van der Waals surface area contributed by atoms with Crippen LogP contribution in [0.5, 0.6) is 0 Å². The van der Waals surface area contributed by atoms with Crippen molar-refractivity contribution in [2.45, 2.75) is 6.54 Å². The third-order valence-corrected chi connectivity index (χ3v) is 4.44. The second kappa shape index (κ2) is 9.07. The van der Waals surface area contributed by atoms with Gasteiger partial charge in [-0.3, -0.25) is 24.5 Å². The Hall–Kier alpha value is -3.02. The zero-order valence-corrected chi connectivity index (χ0v) is 16.1. The van der Waals surface area contributed by atoms with Gasteiger partial charge in [-0.05, 0) is 46.4 Å². The lowest BCUT2D eigenvalue weighted by molar-refractivity contribution is -0.384. The Morgan fingerprint density at radius 1 is 1.04 bits per heavy atom. The van der Waals surface area contributed by atoms with Crippen LogP contribution in [-0.4, -0.2) is 29.2 Å². The van der Waals surface area contributed by atoms with Crippen LogP contribution >= 0.6 is 22.6 Å². The van der Waals surface area contributed by atoms with Crippen molar-refractivity contribution in [3.8, 4) is 0 Å². The molecule has 140 valence electrons. The fourth-order valence-electron chi connectivity index (χ4n) is 2.12. The van der Waals surface area contributed by atoms with E-state index in [-0.39, 0.29) is 24.3 Å².